The van der Waals surface area contributed by atoms with Crippen LogP contribution in [0, 0.1) is 0 Å². The lowest BCUT2D eigenvalue weighted by molar-refractivity contribution is -0.0670. The Morgan fingerprint density at radius 2 is 1.64 bits per heavy atom. The summed E-state index contributed by atoms with van der Waals surface area (Å²) in [6.45, 7) is 7.49. The molecule has 0 radical (unpaired) electrons. The molecule has 0 spiro atoms. The van der Waals surface area contributed by atoms with E-state index in [1.165, 1.54) is 0 Å². The Morgan fingerprint density at radius 3 is 1.93 bits per heavy atom. The lowest BCUT2D eigenvalue weighted by atomic mass is 9.66. The average Bonchev–Trinajstić information content (AvgIpc) is 2.28. The van der Waals surface area contributed by atoms with Crippen molar-refractivity contribution in [3.63, 3.8) is 0 Å². The number of aliphatic hydroxyl groups excluding tert-OH is 1. The van der Waals surface area contributed by atoms with Crippen molar-refractivity contribution in [2.24, 2.45) is 0 Å². The van der Waals surface area contributed by atoms with E-state index in [-0.39, 0.29) is 0 Å². The van der Waals surface area contributed by atoms with Crippen molar-refractivity contribution in [2.75, 3.05) is 0 Å². The minimum absolute atomic E-state index is 0.540. The second-order valence-electron chi connectivity index (χ2n) is 5.17. The van der Waals surface area contributed by atoms with E-state index in [2.05, 4.69) is 0 Å². The van der Waals surface area contributed by atoms with Gasteiger partial charge in [-0.2, -0.15) is 0 Å². The van der Waals surface area contributed by atoms with Gasteiger partial charge in [0.1, 0.15) is 5.60 Å². The van der Waals surface area contributed by atoms with E-state index >= 15 is 0 Å². The summed E-state index contributed by atoms with van der Waals surface area (Å²) >= 11 is 12.9. The van der Waals surface area contributed by atoms with Gasteiger partial charge in [-0.1, -0.05) is 0 Å². The molecule has 82 valence electrons. The van der Waals surface area contributed by atoms with Crippen molar-refractivity contribution in [1.29, 1.82) is 0 Å². The van der Waals surface area contributed by atoms with Crippen molar-refractivity contribution in [2.45, 2.75) is 61.2 Å². The molecule has 4 heteroatoms. The highest BCUT2D eigenvalue weighted by Crippen LogP contribution is 2.66. The van der Waals surface area contributed by atoms with Gasteiger partial charge in [-0.25, -0.2) is 0 Å². The van der Waals surface area contributed by atoms with Crippen molar-refractivity contribution in [1.82, 2.24) is 0 Å². The average molecular weight is 239 g/mol. The molecule has 2 aliphatic rings. The van der Waals surface area contributed by atoms with Crippen LogP contribution >= 0.6 is 23.2 Å². The number of halogens is 2. The predicted octanol–water partition coefficient (Wildman–Crippen LogP) is 2.29. The van der Waals surface area contributed by atoms with Crippen LogP contribution in [-0.2, 0) is 4.74 Å². The van der Waals surface area contributed by atoms with E-state index in [9.17, 15) is 5.11 Å². The van der Waals surface area contributed by atoms with E-state index in [1.807, 2.05) is 27.7 Å². The summed E-state index contributed by atoms with van der Waals surface area (Å²) < 4.78 is 5.88. The lowest BCUT2D eigenvalue weighted by Gasteiger charge is -2.47. The summed E-state index contributed by atoms with van der Waals surface area (Å²) in [6.07, 6.45) is 0.00745. The van der Waals surface area contributed by atoms with Crippen LogP contribution in [-0.4, -0.2) is 32.2 Å². The minimum atomic E-state index is -0.756. The molecule has 1 N–H and O–H groups in total. The highest BCUT2D eigenvalue weighted by Gasteiger charge is 2.78. The van der Waals surface area contributed by atoms with Crippen LogP contribution in [0.15, 0.2) is 0 Å². The van der Waals surface area contributed by atoms with Crippen molar-refractivity contribution in [3.05, 3.63) is 0 Å². The summed E-state index contributed by atoms with van der Waals surface area (Å²) in [5.41, 5.74) is -1.29. The number of alkyl halides is 2. The minimum Gasteiger partial charge on any atom is -0.390 e. The number of fused-ring (bicyclic) bond motifs is 2. The Balaban J connectivity index is 2.58. The molecule has 2 heterocycles. The van der Waals surface area contributed by atoms with Crippen LogP contribution in [0.1, 0.15) is 34.1 Å². The molecule has 2 bridgehead atoms. The summed E-state index contributed by atoms with van der Waals surface area (Å²) in [5.74, 6) is 0. The molecule has 2 nitrogen and oxygen atoms in total. The summed E-state index contributed by atoms with van der Waals surface area (Å²) in [6, 6.07) is 0. The number of aliphatic hydroxyl groups is 1. The normalized spacial score (nSPS) is 67.5. The van der Waals surface area contributed by atoms with Gasteiger partial charge in [-0.3, -0.25) is 0 Å². The van der Waals surface area contributed by atoms with Crippen LogP contribution in [0.4, 0.5) is 0 Å². The first kappa shape index (κ1) is 11.0. The summed E-state index contributed by atoms with van der Waals surface area (Å²) in [5, 5.41) is 9.94. The van der Waals surface area contributed by atoms with E-state index in [4.69, 9.17) is 27.9 Å². The van der Waals surface area contributed by atoms with E-state index in [1.54, 1.807) is 0 Å². The highest BCUT2D eigenvalue weighted by atomic mass is 35.5. The third-order valence-corrected chi connectivity index (χ3v) is 6.09. The fourth-order valence-corrected chi connectivity index (χ4v) is 3.47. The standard InChI is InChI=1S/C10H16Cl2O2/c1-7-5-6(13)8(2,14-7)10(4,12)9(7,3)11/h6,13H,5H2,1-4H3. The molecular weight excluding hydrogens is 223 g/mol. The van der Waals surface area contributed by atoms with Crippen LogP contribution < -0.4 is 0 Å². The zero-order chi connectivity index (χ0) is 11.0. The lowest BCUT2D eigenvalue weighted by Crippen LogP contribution is -2.63. The van der Waals surface area contributed by atoms with E-state index in [0.717, 1.165) is 0 Å². The molecule has 5 atom stereocenters. The topological polar surface area (TPSA) is 29.5 Å². The van der Waals surface area contributed by atoms with Gasteiger partial charge in [0, 0.05) is 6.42 Å². The third-order valence-electron chi connectivity index (χ3n) is 4.46. The zero-order valence-corrected chi connectivity index (χ0v) is 10.4. The first-order valence-electron chi connectivity index (χ1n) is 4.84. The molecule has 2 aliphatic heterocycles. The number of hydrogen-bond acceptors (Lipinski definition) is 2. The van der Waals surface area contributed by atoms with Crippen LogP contribution in [0.2, 0.25) is 0 Å². The molecule has 14 heavy (non-hydrogen) atoms. The van der Waals surface area contributed by atoms with Crippen molar-refractivity contribution < 1.29 is 9.84 Å². The maximum atomic E-state index is 9.94. The van der Waals surface area contributed by atoms with Crippen LogP contribution in [0.5, 0.6) is 0 Å². The van der Waals surface area contributed by atoms with Gasteiger partial charge in [-0.05, 0) is 27.7 Å². The molecular formula is C10H16Cl2O2. The van der Waals surface area contributed by atoms with E-state index in [0.29, 0.717) is 6.42 Å². The molecule has 0 aliphatic carbocycles. The largest absolute Gasteiger partial charge is 0.390 e. The maximum Gasteiger partial charge on any atom is 0.113 e. The Hall–Kier alpha value is 0.500. The number of rotatable bonds is 0. The van der Waals surface area contributed by atoms with Gasteiger partial charge in [-0.15, -0.1) is 23.2 Å². The molecule has 0 aromatic rings. The van der Waals surface area contributed by atoms with Gasteiger partial charge in [0.15, 0.2) is 0 Å². The quantitative estimate of drug-likeness (QED) is 0.657. The Labute approximate surface area is 94.5 Å². The van der Waals surface area contributed by atoms with Crippen LogP contribution in [0.3, 0.4) is 0 Å². The number of hydrogen-bond donors (Lipinski definition) is 1. The molecule has 2 fully saturated rings. The molecule has 0 aromatic carbocycles. The maximum absolute atomic E-state index is 9.94. The smallest absolute Gasteiger partial charge is 0.113 e. The highest BCUT2D eigenvalue weighted by molar-refractivity contribution is 6.36. The predicted molar refractivity (Wildman–Crippen MR) is 57.0 cm³/mol. The Bertz CT molecular complexity index is 287. The molecule has 2 rings (SSSR count). The van der Waals surface area contributed by atoms with E-state index < -0.39 is 27.1 Å². The number of ether oxygens (including phenoxy) is 1. The Morgan fingerprint density at radius 1 is 1.14 bits per heavy atom. The van der Waals surface area contributed by atoms with Gasteiger partial charge < -0.3 is 9.84 Å². The van der Waals surface area contributed by atoms with Gasteiger partial charge >= 0.3 is 0 Å². The summed E-state index contributed by atoms with van der Waals surface area (Å²) in [4.78, 5) is -1.41. The molecule has 0 aromatic heterocycles. The fraction of sp³-hybridized carbons (Fsp3) is 1.00. The first-order chi connectivity index (χ1) is 6.08. The van der Waals surface area contributed by atoms with Gasteiger partial charge in [0.05, 0.1) is 21.5 Å². The molecule has 2 saturated heterocycles. The van der Waals surface area contributed by atoms with Gasteiger partial charge in [0.2, 0.25) is 0 Å². The molecule has 5 unspecified atom stereocenters. The second-order valence-corrected chi connectivity index (χ2v) is 6.68. The Kier molecular flexibility index (Phi) is 1.90. The fourth-order valence-electron chi connectivity index (χ4n) is 2.80. The zero-order valence-electron chi connectivity index (χ0n) is 8.90. The van der Waals surface area contributed by atoms with Crippen molar-refractivity contribution >= 4 is 23.2 Å². The third kappa shape index (κ3) is 0.835. The van der Waals surface area contributed by atoms with Crippen molar-refractivity contribution in [3.8, 4) is 0 Å². The molecule has 0 saturated carbocycles. The monoisotopic (exact) mass is 238 g/mol. The first-order valence-corrected chi connectivity index (χ1v) is 5.60. The van der Waals surface area contributed by atoms with Gasteiger partial charge in [0.25, 0.3) is 0 Å². The summed E-state index contributed by atoms with van der Waals surface area (Å²) in [7, 11) is 0. The van der Waals surface area contributed by atoms with Crippen LogP contribution in [0.25, 0.3) is 0 Å². The second kappa shape index (κ2) is 2.42. The SMILES string of the molecule is CC12CC(O)C(C)(O1)C(C)(Cl)C2(C)Cl. The molecule has 0 amide bonds.